The number of benzene rings is 1. The third kappa shape index (κ3) is 1.43. The van der Waals surface area contributed by atoms with Gasteiger partial charge in [0.1, 0.15) is 5.92 Å². The molecule has 1 aromatic carbocycles. The lowest BCUT2D eigenvalue weighted by molar-refractivity contribution is -0.120. The van der Waals surface area contributed by atoms with Crippen molar-refractivity contribution >= 4 is 28.8 Å². The molecule has 0 radical (unpaired) electrons. The highest BCUT2D eigenvalue weighted by atomic mass is 32.1. The number of thiocarbonyl (C=S) groups is 1. The molecule has 0 saturated carbocycles. The zero-order chi connectivity index (χ0) is 14.6. The third-order valence-electron chi connectivity index (χ3n) is 4.68. The second kappa shape index (κ2) is 4.15. The number of rotatable bonds is 0. The van der Waals surface area contributed by atoms with Crippen molar-refractivity contribution in [1.82, 2.24) is 5.32 Å². The van der Waals surface area contributed by atoms with Crippen LogP contribution >= 0.6 is 12.2 Å². The molecule has 1 amide bonds. The summed E-state index contributed by atoms with van der Waals surface area (Å²) in [5.74, 6) is -0.472. The monoisotopic (exact) mass is 295 g/mol. The number of carbonyl (C=O) groups is 1. The van der Waals surface area contributed by atoms with Crippen LogP contribution in [-0.2, 0) is 10.3 Å². The molecule has 0 saturated heterocycles. The maximum absolute atomic E-state index is 12.7. The highest BCUT2D eigenvalue weighted by Crippen LogP contribution is 2.50. The third-order valence-corrected chi connectivity index (χ3v) is 5.02. The molecule has 2 heterocycles. The van der Waals surface area contributed by atoms with Gasteiger partial charge in [0, 0.05) is 11.3 Å². The SMILES string of the molecule is N#CC1C(=S)NC2(C(=O)Nc3ccccc32)C2=C1CCC2. The van der Waals surface area contributed by atoms with E-state index in [9.17, 15) is 10.1 Å². The summed E-state index contributed by atoms with van der Waals surface area (Å²) in [6, 6.07) is 9.97. The van der Waals surface area contributed by atoms with Crippen LogP contribution in [0.4, 0.5) is 5.69 Å². The zero-order valence-electron chi connectivity index (χ0n) is 11.3. The number of anilines is 1. The molecule has 0 bridgehead atoms. The van der Waals surface area contributed by atoms with Gasteiger partial charge in [0.05, 0.1) is 11.1 Å². The fourth-order valence-corrected chi connectivity index (χ4v) is 4.17. The molecular formula is C16H13N3OS. The molecule has 2 unspecified atom stereocenters. The van der Waals surface area contributed by atoms with E-state index in [0.717, 1.165) is 41.7 Å². The van der Waals surface area contributed by atoms with Crippen LogP contribution < -0.4 is 10.6 Å². The molecule has 4 rings (SSSR count). The average Bonchev–Trinajstić information content (AvgIpc) is 3.05. The molecule has 0 fully saturated rings. The minimum atomic E-state index is -0.896. The van der Waals surface area contributed by atoms with Gasteiger partial charge in [-0.3, -0.25) is 4.79 Å². The largest absolute Gasteiger partial charge is 0.357 e. The van der Waals surface area contributed by atoms with E-state index in [1.807, 2.05) is 24.3 Å². The molecule has 2 N–H and O–H groups in total. The second-order valence-corrected chi connectivity index (χ2v) is 6.10. The molecular weight excluding hydrogens is 282 g/mol. The molecule has 104 valence electrons. The maximum atomic E-state index is 12.7. The Bertz CT molecular complexity index is 761. The van der Waals surface area contributed by atoms with Gasteiger partial charge in [-0.25, -0.2) is 0 Å². The molecule has 1 aliphatic carbocycles. The topological polar surface area (TPSA) is 64.9 Å². The summed E-state index contributed by atoms with van der Waals surface area (Å²) in [6.07, 6.45) is 2.67. The van der Waals surface area contributed by atoms with Gasteiger partial charge >= 0.3 is 0 Å². The van der Waals surface area contributed by atoms with Crippen LogP contribution in [0.2, 0.25) is 0 Å². The van der Waals surface area contributed by atoms with Crippen molar-refractivity contribution in [2.75, 3.05) is 5.32 Å². The zero-order valence-corrected chi connectivity index (χ0v) is 12.1. The van der Waals surface area contributed by atoms with Crippen molar-refractivity contribution in [1.29, 1.82) is 5.26 Å². The number of hydrogen-bond acceptors (Lipinski definition) is 3. The van der Waals surface area contributed by atoms with Crippen LogP contribution in [0, 0.1) is 17.2 Å². The lowest BCUT2D eigenvalue weighted by atomic mass is 9.76. The number of nitrogens with zero attached hydrogens (tertiary/aromatic N) is 1. The van der Waals surface area contributed by atoms with Crippen molar-refractivity contribution in [2.45, 2.75) is 24.8 Å². The number of amides is 1. The Morgan fingerprint density at radius 3 is 2.95 bits per heavy atom. The Labute approximate surface area is 127 Å². The maximum Gasteiger partial charge on any atom is 0.259 e. The van der Waals surface area contributed by atoms with Crippen LogP contribution in [0.3, 0.4) is 0 Å². The van der Waals surface area contributed by atoms with Gasteiger partial charge in [0.2, 0.25) is 0 Å². The van der Waals surface area contributed by atoms with E-state index < -0.39 is 5.54 Å². The van der Waals surface area contributed by atoms with Crippen LogP contribution in [0.15, 0.2) is 35.4 Å². The lowest BCUT2D eigenvalue weighted by Crippen LogP contribution is -2.56. The highest BCUT2D eigenvalue weighted by Gasteiger charge is 2.55. The Balaban J connectivity index is 2.01. The minimum Gasteiger partial charge on any atom is -0.357 e. The number of fused-ring (bicyclic) bond motifs is 3. The number of nitrogens with one attached hydrogen (secondary N) is 2. The van der Waals surface area contributed by atoms with E-state index in [0.29, 0.717) is 4.99 Å². The summed E-state index contributed by atoms with van der Waals surface area (Å²) in [6.45, 7) is 0. The van der Waals surface area contributed by atoms with E-state index in [2.05, 4.69) is 16.7 Å². The summed E-state index contributed by atoms with van der Waals surface area (Å²) >= 11 is 5.39. The first-order valence-electron chi connectivity index (χ1n) is 7.03. The first-order valence-corrected chi connectivity index (χ1v) is 7.44. The second-order valence-electron chi connectivity index (χ2n) is 5.66. The molecule has 5 heteroatoms. The fourth-order valence-electron chi connectivity index (χ4n) is 3.82. The lowest BCUT2D eigenvalue weighted by Gasteiger charge is -2.38. The summed E-state index contributed by atoms with van der Waals surface area (Å²) in [4.78, 5) is 13.2. The van der Waals surface area contributed by atoms with Gasteiger partial charge in [-0.1, -0.05) is 30.4 Å². The molecule has 4 nitrogen and oxygen atoms in total. The summed E-state index contributed by atoms with van der Waals surface area (Å²) in [5, 5.41) is 15.5. The van der Waals surface area contributed by atoms with Crippen molar-refractivity contribution < 1.29 is 4.79 Å². The van der Waals surface area contributed by atoms with Crippen LogP contribution in [-0.4, -0.2) is 10.9 Å². The predicted octanol–water partition coefficient (Wildman–Crippen LogP) is 2.38. The van der Waals surface area contributed by atoms with Crippen LogP contribution in [0.25, 0.3) is 0 Å². The predicted molar refractivity (Wildman–Crippen MR) is 82.5 cm³/mol. The van der Waals surface area contributed by atoms with E-state index >= 15 is 0 Å². The van der Waals surface area contributed by atoms with Gasteiger partial charge in [-0.2, -0.15) is 5.26 Å². The Morgan fingerprint density at radius 2 is 2.14 bits per heavy atom. The number of para-hydroxylation sites is 1. The standard InChI is InChI=1S/C16H13N3OS/c17-8-10-9-4-3-6-11(9)16(19-14(10)21)12-5-1-2-7-13(12)18-15(16)20/h1-2,5,7,10H,3-4,6H2,(H,18,20)(H,19,21). The van der Waals surface area contributed by atoms with Gasteiger partial charge in [-0.15, -0.1) is 0 Å². The van der Waals surface area contributed by atoms with E-state index in [1.54, 1.807) is 0 Å². The van der Waals surface area contributed by atoms with E-state index in [1.165, 1.54) is 0 Å². The Kier molecular flexibility index (Phi) is 2.48. The van der Waals surface area contributed by atoms with Crippen molar-refractivity contribution in [3.63, 3.8) is 0 Å². The Morgan fingerprint density at radius 1 is 1.33 bits per heavy atom. The van der Waals surface area contributed by atoms with Gasteiger partial charge in [0.15, 0.2) is 5.54 Å². The molecule has 21 heavy (non-hydrogen) atoms. The molecule has 0 aromatic heterocycles. The quantitative estimate of drug-likeness (QED) is 0.570. The van der Waals surface area contributed by atoms with E-state index in [-0.39, 0.29) is 11.8 Å². The van der Waals surface area contributed by atoms with Gasteiger partial charge < -0.3 is 10.6 Å². The molecule has 2 aliphatic heterocycles. The van der Waals surface area contributed by atoms with Gasteiger partial charge in [-0.05, 0) is 36.5 Å². The molecule has 3 aliphatic rings. The highest BCUT2D eigenvalue weighted by molar-refractivity contribution is 7.80. The smallest absolute Gasteiger partial charge is 0.259 e. The fraction of sp³-hybridized carbons (Fsp3) is 0.312. The molecule has 1 aromatic rings. The summed E-state index contributed by atoms with van der Waals surface area (Å²) in [7, 11) is 0. The normalized spacial score (nSPS) is 29.8. The first-order chi connectivity index (χ1) is 10.2. The minimum absolute atomic E-state index is 0.0863. The van der Waals surface area contributed by atoms with E-state index in [4.69, 9.17) is 12.2 Å². The molecule has 2 atom stereocenters. The number of hydrogen-bond donors (Lipinski definition) is 2. The summed E-state index contributed by atoms with van der Waals surface area (Å²) < 4.78 is 0. The van der Waals surface area contributed by atoms with Crippen molar-refractivity contribution in [3.05, 3.63) is 41.0 Å². The van der Waals surface area contributed by atoms with Crippen molar-refractivity contribution in [2.24, 2.45) is 5.92 Å². The van der Waals surface area contributed by atoms with Crippen LogP contribution in [0.5, 0.6) is 0 Å². The average molecular weight is 295 g/mol. The first kappa shape index (κ1) is 12.5. The van der Waals surface area contributed by atoms with Crippen molar-refractivity contribution in [3.8, 4) is 6.07 Å². The number of carbonyl (C=O) groups excluding carboxylic acids is 1. The number of nitriles is 1. The summed E-state index contributed by atoms with van der Waals surface area (Å²) in [5.41, 5.74) is 2.95. The Hall–Kier alpha value is -2.19. The van der Waals surface area contributed by atoms with Gasteiger partial charge in [0.25, 0.3) is 5.91 Å². The van der Waals surface area contributed by atoms with Crippen LogP contribution in [0.1, 0.15) is 24.8 Å². The molecule has 1 spiro atoms.